The Kier molecular flexibility index (Phi) is 3.73. The first-order valence-corrected chi connectivity index (χ1v) is 5.87. The lowest BCUT2D eigenvalue weighted by atomic mass is 10.3. The second-order valence-electron chi connectivity index (χ2n) is 4.18. The van der Waals surface area contributed by atoms with E-state index < -0.39 is 0 Å². The van der Waals surface area contributed by atoms with Gasteiger partial charge in [0.25, 0.3) is 0 Å². The third-order valence-electron chi connectivity index (χ3n) is 3.07. The van der Waals surface area contributed by atoms with Crippen LogP contribution >= 0.6 is 0 Å². The average molecular weight is 240 g/mol. The van der Waals surface area contributed by atoms with Crippen molar-refractivity contribution in [3.05, 3.63) is 0 Å². The number of rotatable bonds is 3. The van der Waals surface area contributed by atoms with Gasteiger partial charge in [-0.25, -0.2) is 0 Å². The molecule has 0 unspecified atom stereocenters. The van der Waals surface area contributed by atoms with Crippen molar-refractivity contribution in [2.45, 2.75) is 19.3 Å². The van der Waals surface area contributed by atoms with Gasteiger partial charge in [0.2, 0.25) is 17.7 Å². The average Bonchev–Trinajstić information content (AvgIpc) is 2.67. The van der Waals surface area contributed by atoms with Crippen molar-refractivity contribution in [3.8, 4) is 0 Å². The predicted molar refractivity (Wildman–Crippen MR) is 58.0 cm³/mol. The molecule has 0 atom stereocenters. The molecular weight excluding hydrogens is 224 g/mol. The predicted octanol–water partition coefficient (Wildman–Crippen LogP) is -0.616. The number of ether oxygens (including phenoxy) is 1. The van der Waals surface area contributed by atoms with Crippen molar-refractivity contribution in [2.24, 2.45) is 0 Å². The summed E-state index contributed by atoms with van der Waals surface area (Å²) in [5, 5.41) is 0. The molecule has 0 bridgehead atoms. The van der Waals surface area contributed by atoms with Crippen LogP contribution in [0.2, 0.25) is 0 Å². The molecule has 0 N–H and O–H groups in total. The molecule has 0 aliphatic carbocycles. The first kappa shape index (κ1) is 12.0. The monoisotopic (exact) mass is 240 g/mol. The van der Waals surface area contributed by atoms with Crippen molar-refractivity contribution in [1.29, 1.82) is 0 Å². The van der Waals surface area contributed by atoms with Gasteiger partial charge in [-0.05, 0) is 0 Å². The van der Waals surface area contributed by atoms with Gasteiger partial charge in [0, 0.05) is 38.9 Å². The molecular formula is C11H16N2O4. The Morgan fingerprint density at radius 1 is 1.12 bits per heavy atom. The minimum absolute atomic E-state index is 0.0131. The fraction of sp³-hybridized carbons (Fsp3) is 0.727. The minimum Gasteiger partial charge on any atom is -0.378 e. The minimum atomic E-state index is -0.162. The standard InChI is InChI=1S/C11H16N2O4/c14-9(12-5-7-17-8-6-12)3-4-13-10(15)1-2-11(13)16/h1-8H2. The second kappa shape index (κ2) is 5.27. The normalized spacial score (nSPS) is 21.2. The van der Waals surface area contributed by atoms with E-state index in [2.05, 4.69) is 0 Å². The molecule has 0 aromatic rings. The number of hydrogen-bond acceptors (Lipinski definition) is 4. The van der Waals surface area contributed by atoms with E-state index in [1.54, 1.807) is 4.90 Å². The lowest BCUT2D eigenvalue weighted by Gasteiger charge is -2.27. The van der Waals surface area contributed by atoms with Gasteiger partial charge < -0.3 is 9.64 Å². The Morgan fingerprint density at radius 3 is 2.29 bits per heavy atom. The van der Waals surface area contributed by atoms with Crippen LogP contribution in [0.5, 0.6) is 0 Å². The smallest absolute Gasteiger partial charge is 0.229 e. The first-order valence-electron chi connectivity index (χ1n) is 5.87. The molecule has 2 fully saturated rings. The van der Waals surface area contributed by atoms with Crippen LogP contribution in [-0.4, -0.2) is 60.4 Å². The molecule has 2 heterocycles. The fourth-order valence-electron chi connectivity index (χ4n) is 2.05. The second-order valence-corrected chi connectivity index (χ2v) is 4.18. The van der Waals surface area contributed by atoms with E-state index in [1.165, 1.54) is 4.90 Å². The topological polar surface area (TPSA) is 66.9 Å². The number of imide groups is 1. The van der Waals surface area contributed by atoms with Gasteiger partial charge in [0.1, 0.15) is 0 Å². The van der Waals surface area contributed by atoms with E-state index in [9.17, 15) is 14.4 Å². The molecule has 94 valence electrons. The Hall–Kier alpha value is -1.43. The zero-order chi connectivity index (χ0) is 12.3. The van der Waals surface area contributed by atoms with E-state index >= 15 is 0 Å². The molecule has 0 saturated carbocycles. The van der Waals surface area contributed by atoms with Crippen molar-refractivity contribution in [2.75, 3.05) is 32.8 Å². The highest BCUT2D eigenvalue weighted by atomic mass is 16.5. The van der Waals surface area contributed by atoms with Crippen LogP contribution in [-0.2, 0) is 19.1 Å². The highest BCUT2D eigenvalue weighted by molar-refractivity contribution is 6.02. The van der Waals surface area contributed by atoms with Gasteiger partial charge in [-0.1, -0.05) is 0 Å². The Bertz CT molecular complexity index is 320. The summed E-state index contributed by atoms with van der Waals surface area (Å²) in [5.74, 6) is -0.338. The zero-order valence-corrected chi connectivity index (χ0v) is 9.68. The number of likely N-dealkylation sites (tertiary alicyclic amines) is 1. The van der Waals surface area contributed by atoms with E-state index in [4.69, 9.17) is 4.74 Å². The summed E-state index contributed by atoms with van der Waals surface area (Å²) in [7, 11) is 0. The zero-order valence-electron chi connectivity index (χ0n) is 9.68. The fourth-order valence-corrected chi connectivity index (χ4v) is 2.05. The summed E-state index contributed by atoms with van der Waals surface area (Å²) in [6.45, 7) is 2.54. The summed E-state index contributed by atoms with van der Waals surface area (Å²) in [4.78, 5) is 37.4. The van der Waals surface area contributed by atoms with Gasteiger partial charge in [-0.2, -0.15) is 0 Å². The van der Waals surface area contributed by atoms with Gasteiger partial charge in [0.05, 0.1) is 13.2 Å². The molecule has 2 rings (SSSR count). The van der Waals surface area contributed by atoms with Crippen LogP contribution in [0.3, 0.4) is 0 Å². The molecule has 6 nitrogen and oxygen atoms in total. The maximum Gasteiger partial charge on any atom is 0.229 e. The van der Waals surface area contributed by atoms with Crippen LogP contribution < -0.4 is 0 Å². The van der Waals surface area contributed by atoms with Gasteiger partial charge >= 0.3 is 0 Å². The molecule has 2 saturated heterocycles. The molecule has 17 heavy (non-hydrogen) atoms. The number of carbonyl (C=O) groups is 3. The Labute approximate surface area is 99.5 Å². The van der Waals surface area contributed by atoms with E-state index in [0.29, 0.717) is 26.3 Å². The van der Waals surface area contributed by atoms with Crippen molar-refractivity contribution >= 4 is 17.7 Å². The van der Waals surface area contributed by atoms with Crippen LogP contribution in [0.15, 0.2) is 0 Å². The van der Waals surface area contributed by atoms with E-state index in [0.717, 1.165) is 0 Å². The number of nitrogens with zero attached hydrogens (tertiary/aromatic N) is 2. The maximum absolute atomic E-state index is 11.8. The number of morpholine rings is 1. The van der Waals surface area contributed by atoms with E-state index in [1.807, 2.05) is 0 Å². The number of amides is 3. The van der Waals surface area contributed by atoms with Crippen LogP contribution in [0, 0.1) is 0 Å². The van der Waals surface area contributed by atoms with Gasteiger partial charge in [0.15, 0.2) is 0 Å². The summed E-state index contributed by atoms with van der Waals surface area (Å²) in [6.07, 6.45) is 0.784. The molecule has 2 aliphatic rings. The lowest BCUT2D eigenvalue weighted by Crippen LogP contribution is -2.42. The van der Waals surface area contributed by atoms with Crippen LogP contribution in [0.25, 0.3) is 0 Å². The summed E-state index contributed by atoms with van der Waals surface area (Å²) in [5.41, 5.74) is 0. The first-order chi connectivity index (χ1) is 8.18. The summed E-state index contributed by atoms with van der Waals surface area (Å²) in [6, 6.07) is 0. The quantitative estimate of drug-likeness (QED) is 0.617. The third-order valence-corrected chi connectivity index (χ3v) is 3.07. The highest BCUT2D eigenvalue weighted by Gasteiger charge is 2.29. The van der Waals surface area contributed by atoms with Crippen LogP contribution in [0.1, 0.15) is 19.3 Å². The summed E-state index contributed by atoms with van der Waals surface area (Å²) < 4.78 is 5.15. The molecule has 0 spiro atoms. The maximum atomic E-state index is 11.8. The number of hydrogen-bond donors (Lipinski definition) is 0. The Balaban J connectivity index is 1.79. The van der Waals surface area contributed by atoms with Crippen molar-refractivity contribution < 1.29 is 19.1 Å². The molecule has 0 radical (unpaired) electrons. The molecule has 3 amide bonds. The van der Waals surface area contributed by atoms with Gasteiger partial charge in [-0.15, -0.1) is 0 Å². The SMILES string of the molecule is O=C(CCN1C(=O)CCC1=O)N1CCOCC1. The largest absolute Gasteiger partial charge is 0.378 e. The van der Waals surface area contributed by atoms with Gasteiger partial charge in [-0.3, -0.25) is 19.3 Å². The summed E-state index contributed by atoms with van der Waals surface area (Å²) >= 11 is 0. The molecule has 0 aromatic heterocycles. The molecule has 2 aliphatic heterocycles. The highest BCUT2D eigenvalue weighted by Crippen LogP contribution is 2.12. The third kappa shape index (κ3) is 2.82. The number of carbonyl (C=O) groups excluding carboxylic acids is 3. The lowest BCUT2D eigenvalue weighted by molar-refractivity contribution is -0.140. The molecule has 6 heteroatoms. The Morgan fingerprint density at radius 2 is 1.71 bits per heavy atom. The van der Waals surface area contributed by atoms with Crippen LogP contribution in [0.4, 0.5) is 0 Å². The van der Waals surface area contributed by atoms with Crippen molar-refractivity contribution in [3.63, 3.8) is 0 Å². The molecule has 0 aromatic carbocycles. The van der Waals surface area contributed by atoms with E-state index in [-0.39, 0.29) is 43.5 Å². The van der Waals surface area contributed by atoms with Crippen molar-refractivity contribution in [1.82, 2.24) is 9.80 Å².